The van der Waals surface area contributed by atoms with Crippen LogP contribution in [0.2, 0.25) is 10.0 Å². The van der Waals surface area contributed by atoms with E-state index >= 15 is 0 Å². The normalized spacial score (nSPS) is 13.0. The second kappa shape index (κ2) is 8.74. The maximum absolute atomic E-state index is 13.2. The van der Waals surface area contributed by atoms with Gasteiger partial charge in [0, 0.05) is 22.2 Å². The van der Waals surface area contributed by atoms with Gasteiger partial charge in [-0.15, -0.1) is 0 Å². The smallest absolute Gasteiger partial charge is 0.253 e. The van der Waals surface area contributed by atoms with E-state index in [0.717, 1.165) is 16.7 Å². The van der Waals surface area contributed by atoms with Crippen LogP contribution in [0.5, 0.6) is 5.75 Å². The van der Waals surface area contributed by atoms with Crippen molar-refractivity contribution in [2.75, 3.05) is 0 Å². The van der Waals surface area contributed by atoms with E-state index in [9.17, 15) is 9.90 Å². The summed E-state index contributed by atoms with van der Waals surface area (Å²) in [6.45, 7) is 0.572. The number of aromatic hydroxyl groups is 1. The quantitative estimate of drug-likeness (QED) is 0.574. The third-order valence-electron chi connectivity index (χ3n) is 4.91. The summed E-state index contributed by atoms with van der Waals surface area (Å²) in [6, 6.07) is 19.7. The summed E-state index contributed by atoms with van der Waals surface area (Å²) in [5, 5.41) is 14.5. The Kier molecular flexibility index (Phi) is 5.88. The van der Waals surface area contributed by atoms with E-state index in [1.165, 1.54) is 0 Å². The van der Waals surface area contributed by atoms with Crippen molar-refractivity contribution in [2.45, 2.75) is 13.1 Å². The monoisotopic (exact) mass is 436 g/mol. The van der Waals surface area contributed by atoms with Crippen LogP contribution < -0.4 is 5.32 Å². The molecular formula is C24H18Cl2N2O2. The first kappa shape index (κ1) is 20.2. The number of hydrogen-bond donors (Lipinski definition) is 2. The van der Waals surface area contributed by atoms with Gasteiger partial charge >= 0.3 is 0 Å². The third kappa shape index (κ3) is 4.11. The number of benzene rings is 3. The molecule has 1 amide bonds. The Morgan fingerprint density at radius 3 is 2.50 bits per heavy atom. The highest BCUT2D eigenvalue weighted by Gasteiger charge is 2.23. The first-order valence-electron chi connectivity index (χ1n) is 9.38. The molecule has 0 fully saturated rings. The van der Waals surface area contributed by atoms with Gasteiger partial charge in [0.25, 0.3) is 5.91 Å². The second-order valence-electron chi connectivity index (χ2n) is 6.82. The number of halogens is 2. The van der Waals surface area contributed by atoms with Crippen molar-refractivity contribution in [3.63, 3.8) is 0 Å². The number of para-hydroxylation sites is 1. The molecule has 6 heteroatoms. The summed E-state index contributed by atoms with van der Waals surface area (Å²) >= 11 is 12.6. The van der Waals surface area contributed by atoms with Crippen molar-refractivity contribution in [1.29, 1.82) is 0 Å². The minimum Gasteiger partial charge on any atom is -0.507 e. The fourth-order valence-corrected chi connectivity index (χ4v) is 3.78. The maximum Gasteiger partial charge on any atom is 0.253 e. The number of hydrogen-bond acceptors (Lipinski definition) is 3. The Labute approximate surface area is 184 Å². The summed E-state index contributed by atoms with van der Waals surface area (Å²) in [5.41, 5.74) is 3.72. The molecule has 3 aromatic carbocycles. The fourth-order valence-electron chi connectivity index (χ4n) is 3.33. The molecule has 1 aliphatic rings. The lowest BCUT2D eigenvalue weighted by Crippen LogP contribution is -2.28. The Bertz CT molecular complexity index is 1190. The molecule has 0 radical (unpaired) electrons. The van der Waals surface area contributed by atoms with E-state index < -0.39 is 0 Å². The van der Waals surface area contributed by atoms with Crippen molar-refractivity contribution in [2.24, 2.45) is 4.99 Å². The number of aliphatic imine (C=N–C) groups is 1. The fraction of sp³-hybridized carbons (Fsp3) is 0.0833. The van der Waals surface area contributed by atoms with Gasteiger partial charge in [0.1, 0.15) is 5.75 Å². The van der Waals surface area contributed by atoms with Crippen LogP contribution in [0.3, 0.4) is 0 Å². The van der Waals surface area contributed by atoms with Crippen molar-refractivity contribution >= 4 is 40.9 Å². The van der Waals surface area contributed by atoms with E-state index in [0.29, 0.717) is 33.4 Å². The second-order valence-corrected chi connectivity index (χ2v) is 7.64. The molecule has 3 aromatic rings. The van der Waals surface area contributed by atoms with E-state index in [1.54, 1.807) is 42.5 Å². The summed E-state index contributed by atoms with van der Waals surface area (Å²) in [6.07, 6.45) is 1.77. The van der Waals surface area contributed by atoms with E-state index in [4.69, 9.17) is 23.2 Å². The zero-order valence-corrected chi connectivity index (χ0v) is 17.4. The molecule has 0 bridgehead atoms. The molecule has 0 atom stereocenters. The third-order valence-corrected chi connectivity index (χ3v) is 5.63. The zero-order chi connectivity index (χ0) is 21.1. The standard InChI is InChI=1S/C24H18Cl2N2O2/c25-20-9-3-1-6-16(20)13-28-24(30)18-12-15-7-5-10-21(26)19(15)14-27-23(18)17-8-2-4-11-22(17)29/h1-12,29H,13-14H2,(H,28,30). The highest BCUT2D eigenvalue weighted by Crippen LogP contribution is 2.30. The van der Waals surface area contributed by atoms with E-state index in [-0.39, 0.29) is 18.2 Å². The molecule has 0 spiro atoms. The largest absolute Gasteiger partial charge is 0.507 e. The predicted molar refractivity (Wildman–Crippen MR) is 121 cm³/mol. The summed E-state index contributed by atoms with van der Waals surface area (Å²) in [7, 11) is 0. The molecular weight excluding hydrogens is 419 g/mol. The molecule has 150 valence electrons. The van der Waals surface area contributed by atoms with Crippen molar-refractivity contribution in [1.82, 2.24) is 5.32 Å². The van der Waals surface area contributed by atoms with Gasteiger partial charge in [-0.05, 0) is 47.0 Å². The highest BCUT2D eigenvalue weighted by molar-refractivity contribution is 6.33. The molecule has 0 saturated carbocycles. The van der Waals surface area contributed by atoms with Crippen LogP contribution in [0, 0.1) is 0 Å². The average Bonchev–Trinajstić information content (AvgIpc) is 2.94. The number of fused-ring (bicyclic) bond motifs is 1. The first-order valence-corrected chi connectivity index (χ1v) is 10.1. The number of carbonyl (C=O) groups is 1. The Morgan fingerprint density at radius 2 is 1.70 bits per heavy atom. The SMILES string of the molecule is O=C(NCc1ccccc1Cl)C1=Cc2cccc(Cl)c2CN=C1c1ccccc1O. The van der Waals surface area contributed by atoms with Gasteiger partial charge in [0.15, 0.2) is 0 Å². The Hall–Kier alpha value is -3.08. The van der Waals surface area contributed by atoms with Crippen molar-refractivity contribution in [3.05, 3.63) is 105 Å². The van der Waals surface area contributed by atoms with Crippen molar-refractivity contribution < 1.29 is 9.90 Å². The minimum atomic E-state index is -0.315. The molecule has 0 saturated heterocycles. The van der Waals surface area contributed by atoms with Crippen LogP contribution in [-0.4, -0.2) is 16.7 Å². The Balaban J connectivity index is 1.74. The summed E-state index contributed by atoms with van der Waals surface area (Å²) in [5.74, 6) is -0.261. The number of carbonyl (C=O) groups excluding carboxylic acids is 1. The highest BCUT2D eigenvalue weighted by atomic mass is 35.5. The van der Waals surface area contributed by atoms with Crippen LogP contribution >= 0.6 is 23.2 Å². The number of amides is 1. The van der Waals surface area contributed by atoms with Crippen LogP contribution in [0.25, 0.3) is 6.08 Å². The van der Waals surface area contributed by atoms with Gasteiger partial charge < -0.3 is 10.4 Å². The molecule has 30 heavy (non-hydrogen) atoms. The number of nitrogens with zero attached hydrogens (tertiary/aromatic N) is 1. The van der Waals surface area contributed by atoms with Crippen LogP contribution in [0.15, 0.2) is 77.3 Å². The maximum atomic E-state index is 13.2. The average molecular weight is 437 g/mol. The van der Waals surface area contributed by atoms with Gasteiger partial charge in [-0.3, -0.25) is 9.79 Å². The number of phenols is 1. The molecule has 2 N–H and O–H groups in total. The van der Waals surface area contributed by atoms with E-state index in [2.05, 4.69) is 10.3 Å². The topological polar surface area (TPSA) is 61.7 Å². The molecule has 0 aliphatic carbocycles. The lowest BCUT2D eigenvalue weighted by atomic mass is 9.98. The van der Waals surface area contributed by atoms with Gasteiger partial charge in [-0.25, -0.2) is 0 Å². The van der Waals surface area contributed by atoms with Crippen LogP contribution in [0.4, 0.5) is 0 Å². The van der Waals surface area contributed by atoms with Gasteiger partial charge in [0.05, 0.1) is 17.8 Å². The zero-order valence-electron chi connectivity index (χ0n) is 15.9. The molecule has 1 aliphatic heterocycles. The molecule has 4 nitrogen and oxygen atoms in total. The number of nitrogens with one attached hydrogen (secondary N) is 1. The molecule has 0 aromatic heterocycles. The lowest BCUT2D eigenvalue weighted by Gasteiger charge is -2.13. The van der Waals surface area contributed by atoms with Gasteiger partial charge in [0.2, 0.25) is 0 Å². The van der Waals surface area contributed by atoms with Crippen LogP contribution in [-0.2, 0) is 17.9 Å². The van der Waals surface area contributed by atoms with E-state index in [1.807, 2.05) is 30.3 Å². The van der Waals surface area contributed by atoms with Crippen LogP contribution in [0.1, 0.15) is 22.3 Å². The van der Waals surface area contributed by atoms with Gasteiger partial charge in [-0.2, -0.15) is 0 Å². The Morgan fingerprint density at radius 1 is 0.967 bits per heavy atom. The summed E-state index contributed by atoms with van der Waals surface area (Å²) in [4.78, 5) is 17.9. The summed E-state index contributed by atoms with van der Waals surface area (Å²) < 4.78 is 0. The number of rotatable bonds is 4. The minimum absolute atomic E-state index is 0.0538. The first-order chi connectivity index (χ1) is 14.5. The predicted octanol–water partition coefficient (Wildman–Crippen LogP) is 5.40. The lowest BCUT2D eigenvalue weighted by molar-refractivity contribution is -0.117. The molecule has 1 heterocycles. The molecule has 4 rings (SSSR count). The van der Waals surface area contributed by atoms with Gasteiger partial charge in [-0.1, -0.05) is 65.7 Å². The molecule has 0 unspecified atom stereocenters. The van der Waals surface area contributed by atoms with Crippen molar-refractivity contribution in [3.8, 4) is 5.75 Å². The number of phenolic OH excluding ortho intramolecular Hbond substituents is 1.